The van der Waals surface area contributed by atoms with Gasteiger partial charge in [0, 0.05) is 31.4 Å². The summed E-state index contributed by atoms with van der Waals surface area (Å²) < 4.78 is 34.7. The van der Waals surface area contributed by atoms with E-state index in [0.29, 0.717) is 37.0 Å². The predicted molar refractivity (Wildman–Crippen MR) is 108 cm³/mol. The van der Waals surface area contributed by atoms with Gasteiger partial charge < -0.3 is 14.8 Å². The van der Waals surface area contributed by atoms with Crippen LogP contribution >= 0.6 is 0 Å². The van der Waals surface area contributed by atoms with E-state index in [4.69, 9.17) is 14.6 Å². The number of nitro benzene ring substituents is 1. The summed E-state index contributed by atoms with van der Waals surface area (Å²) >= 11 is 0. The second kappa shape index (κ2) is 8.76. The number of hydrogen-bond acceptors (Lipinski definition) is 7. The Morgan fingerprint density at radius 3 is 2.45 bits per heavy atom. The number of nitrogens with two attached hydrogens (primary N) is 1. The van der Waals surface area contributed by atoms with Crippen LogP contribution < -0.4 is 15.2 Å². The fraction of sp³-hybridized carbons (Fsp3) is 0.368. The van der Waals surface area contributed by atoms with Crippen LogP contribution in [0.25, 0.3) is 11.1 Å². The van der Waals surface area contributed by atoms with E-state index < -0.39 is 14.9 Å². The van der Waals surface area contributed by atoms with Gasteiger partial charge in [0.05, 0.1) is 16.9 Å². The van der Waals surface area contributed by atoms with Gasteiger partial charge in [-0.15, -0.1) is 0 Å². The summed E-state index contributed by atoms with van der Waals surface area (Å²) in [7, 11) is -2.66. The first kappa shape index (κ1) is 21.0. The van der Waals surface area contributed by atoms with Crippen LogP contribution in [-0.2, 0) is 14.8 Å². The number of anilines is 1. The Kier molecular flexibility index (Phi) is 6.36. The third-order valence-electron chi connectivity index (χ3n) is 4.92. The highest BCUT2D eigenvalue weighted by atomic mass is 32.2. The van der Waals surface area contributed by atoms with Crippen molar-refractivity contribution in [3.05, 3.63) is 46.5 Å². The van der Waals surface area contributed by atoms with Gasteiger partial charge in [0.15, 0.2) is 0 Å². The lowest BCUT2D eigenvalue weighted by Crippen LogP contribution is -2.23. The van der Waals surface area contributed by atoms with Gasteiger partial charge in [0.2, 0.25) is 10.0 Å². The Bertz CT molecular complexity index is 986. The average molecular weight is 421 g/mol. The highest BCUT2D eigenvalue weighted by Crippen LogP contribution is 2.37. The van der Waals surface area contributed by atoms with Crippen LogP contribution in [0.15, 0.2) is 41.3 Å². The molecule has 0 radical (unpaired) electrons. The van der Waals surface area contributed by atoms with Crippen molar-refractivity contribution >= 4 is 21.4 Å². The first-order chi connectivity index (χ1) is 13.8. The van der Waals surface area contributed by atoms with Gasteiger partial charge >= 0.3 is 0 Å². The third kappa shape index (κ3) is 5.03. The van der Waals surface area contributed by atoms with Crippen LogP contribution in [0.3, 0.4) is 0 Å². The van der Waals surface area contributed by atoms with Crippen LogP contribution in [0.5, 0.6) is 5.75 Å². The number of rotatable bonds is 7. The van der Waals surface area contributed by atoms with E-state index in [9.17, 15) is 18.5 Å². The minimum Gasteiger partial charge on any atom is -0.497 e. The predicted octanol–water partition coefficient (Wildman–Crippen LogP) is 2.76. The van der Waals surface area contributed by atoms with E-state index in [1.54, 1.807) is 24.3 Å². The molecule has 0 amide bonds. The lowest BCUT2D eigenvalue weighted by molar-refractivity contribution is -0.384. The number of methoxy groups -OCH3 is 1. The quantitative estimate of drug-likeness (QED) is 0.518. The van der Waals surface area contributed by atoms with Gasteiger partial charge in [-0.1, -0.05) is 12.1 Å². The standard InChI is InChI=1S/C19H23N3O6S/c1-27-15-4-2-14(3-5-15)16-10-17(21-12-13-6-8-28-9-7-13)18(22(23)24)11-19(16)29(20,25)26/h2-5,10-11,13,21H,6-9,12H2,1H3,(H2,20,25,26). The Balaban J connectivity index is 2.05. The van der Waals surface area contributed by atoms with E-state index in [1.807, 2.05) is 0 Å². The highest BCUT2D eigenvalue weighted by molar-refractivity contribution is 7.89. The summed E-state index contributed by atoms with van der Waals surface area (Å²) in [5, 5.41) is 20.0. The zero-order chi connectivity index (χ0) is 21.0. The van der Waals surface area contributed by atoms with Crippen molar-refractivity contribution in [2.45, 2.75) is 17.7 Å². The maximum Gasteiger partial charge on any atom is 0.293 e. The fourth-order valence-electron chi connectivity index (χ4n) is 3.30. The second-order valence-corrected chi connectivity index (χ2v) is 8.36. The third-order valence-corrected chi connectivity index (χ3v) is 5.88. The monoisotopic (exact) mass is 421 g/mol. The van der Waals surface area contributed by atoms with Crippen molar-refractivity contribution < 1.29 is 22.8 Å². The Hall–Kier alpha value is -2.69. The molecule has 1 fully saturated rings. The SMILES string of the molecule is COc1ccc(-c2cc(NCC3CCOCC3)c([N+](=O)[O-])cc2S(N)(=O)=O)cc1. The molecule has 2 aromatic rings. The number of nitro groups is 1. The molecule has 3 rings (SSSR count). The maximum absolute atomic E-state index is 12.1. The van der Waals surface area contributed by atoms with Crippen molar-refractivity contribution in [2.24, 2.45) is 11.1 Å². The largest absolute Gasteiger partial charge is 0.497 e. The highest BCUT2D eigenvalue weighted by Gasteiger charge is 2.25. The summed E-state index contributed by atoms with van der Waals surface area (Å²) in [6.07, 6.45) is 1.72. The van der Waals surface area contributed by atoms with E-state index in [1.165, 1.54) is 13.2 Å². The molecule has 3 N–H and O–H groups in total. The number of nitrogens with zero attached hydrogens (tertiary/aromatic N) is 1. The average Bonchev–Trinajstić information content (AvgIpc) is 2.71. The molecule has 1 heterocycles. The summed E-state index contributed by atoms with van der Waals surface area (Å²) in [5.74, 6) is 0.927. The molecule has 1 aliphatic heterocycles. The lowest BCUT2D eigenvalue weighted by Gasteiger charge is -2.23. The lowest BCUT2D eigenvalue weighted by atomic mass is 9.99. The van der Waals surface area contributed by atoms with Crippen LogP contribution in [0, 0.1) is 16.0 Å². The molecule has 1 aliphatic rings. The topological polar surface area (TPSA) is 134 Å². The zero-order valence-corrected chi connectivity index (χ0v) is 16.8. The maximum atomic E-state index is 12.1. The summed E-state index contributed by atoms with van der Waals surface area (Å²) in [6.45, 7) is 1.85. The summed E-state index contributed by atoms with van der Waals surface area (Å²) in [4.78, 5) is 10.7. The molecule has 10 heteroatoms. The molecule has 0 aromatic heterocycles. The molecule has 0 atom stereocenters. The van der Waals surface area contributed by atoms with Crippen LogP contribution in [-0.4, -0.2) is 40.2 Å². The molecule has 29 heavy (non-hydrogen) atoms. The molecule has 0 bridgehead atoms. The van der Waals surface area contributed by atoms with E-state index >= 15 is 0 Å². The van der Waals surface area contributed by atoms with E-state index in [-0.39, 0.29) is 21.8 Å². The van der Waals surface area contributed by atoms with Gasteiger partial charge in [0.25, 0.3) is 5.69 Å². The molecule has 0 aliphatic carbocycles. The number of hydrogen-bond donors (Lipinski definition) is 2. The first-order valence-electron chi connectivity index (χ1n) is 9.11. The Morgan fingerprint density at radius 2 is 1.90 bits per heavy atom. The van der Waals surface area contributed by atoms with E-state index in [2.05, 4.69) is 5.32 Å². The van der Waals surface area contributed by atoms with Crippen LogP contribution in [0.4, 0.5) is 11.4 Å². The molecule has 0 saturated carbocycles. The van der Waals surface area contributed by atoms with Crippen molar-refractivity contribution in [3.63, 3.8) is 0 Å². The van der Waals surface area contributed by atoms with Gasteiger partial charge in [-0.05, 0) is 42.5 Å². The molecule has 0 unspecified atom stereocenters. The van der Waals surface area contributed by atoms with Gasteiger partial charge in [0.1, 0.15) is 11.4 Å². The summed E-state index contributed by atoms with van der Waals surface area (Å²) in [6, 6.07) is 9.20. The molecular formula is C19H23N3O6S. The van der Waals surface area contributed by atoms with Crippen molar-refractivity contribution in [1.82, 2.24) is 0 Å². The van der Waals surface area contributed by atoms with Gasteiger partial charge in [-0.25, -0.2) is 13.6 Å². The zero-order valence-electron chi connectivity index (χ0n) is 16.0. The van der Waals surface area contributed by atoms with Gasteiger partial charge in [-0.3, -0.25) is 10.1 Å². The number of ether oxygens (including phenoxy) is 2. The molecule has 1 saturated heterocycles. The van der Waals surface area contributed by atoms with Crippen molar-refractivity contribution in [3.8, 4) is 16.9 Å². The molecule has 2 aromatic carbocycles. The molecule has 0 spiro atoms. The van der Waals surface area contributed by atoms with Crippen LogP contribution in [0.2, 0.25) is 0 Å². The fourth-order valence-corrected chi connectivity index (χ4v) is 4.06. The van der Waals surface area contributed by atoms with Gasteiger partial charge in [-0.2, -0.15) is 0 Å². The number of sulfonamides is 1. The first-order valence-corrected chi connectivity index (χ1v) is 10.7. The summed E-state index contributed by atoms with van der Waals surface area (Å²) in [5.41, 5.74) is 0.757. The Labute approximate surface area is 169 Å². The smallest absolute Gasteiger partial charge is 0.293 e. The second-order valence-electron chi connectivity index (χ2n) is 6.83. The number of primary sulfonamides is 1. The molecular weight excluding hydrogens is 398 g/mol. The van der Waals surface area contributed by atoms with Crippen molar-refractivity contribution in [1.29, 1.82) is 0 Å². The Morgan fingerprint density at radius 1 is 1.24 bits per heavy atom. The molecule has 9 nitrogen and oxygen atoms in total. The minimum atomic E-state index is -4.19. The molecule has 156 valence electrons. The minimum absolute atomic E-state index is 0.250. The van der Waals surface area contributed by atoms with Crippen molar-refractivity contribution in [2.75, 3.05) is 32.2 Å². The number of nitrogens with one attached hydrogen (secondary N) is 1. The van der Waals surface area contributed by atoms with Crippen LogP contribution in [0.1, 0.15) is 12.8 Å². The van der Waals surface area contributed by atoms with E-state index in [0.717, 1.165) is 18.9 Å². The normalized spacial score (nSPS) is 15.1. The number of benzene rings is 2.